The fourth-order valence-electron chi connectivity index (χ4n) is 3.14. The van der Waals surface area contributed by atoms with E-state index in [-0.39, 0.29) is 0 Å². The topological polar surface area (TPSA) is 53.9 Å². The molecular weight excluding hydrogens is 318 g/mol. The number of rotatable bonds is 3. The van der Waals surface area contributed by atoms with Crippen LogP contribution in [0.3, 0.4) is 0 Å². The molecule has 0 spiro atoms. The molecule has 0 bridgehead atoms. The number of hydrogen-bond acceptors (Lipinski definition) is 6. The highest BCUT2D eigenvalue weighted by molar-refractivity contribution is 7.13. The third-order valence-corrected chi connectivity index (χ3v) is 5.05. The van der Waals surface area contributed by atoms with Gasteiger partial charge in [0.1, 0.15) is 5.82 Å². The van der Waals surface area contributed by atoms with E-state index < -0.39 is 0 Å². The van der Waals surface area contributed by atoms with Crippen molar-refractivity contribution in [2.75, 3.05) is 16.8 Å². The molecule has 0 fully saturated rings. The van der Waals surface area contributed by atoms with Crippen LogP contribution in [0, 0.1) is 13.8 Å². The number of aromatic nitrogens is 3. The minimum atomic E-state index is 0.586. The quantitative estimate of drug-likeness (QED) is 0.769. The molecule has 1 aliphatic heterocycles. The molecule has 0 radical (unpaired) electrons. The maximum absolute atomic E-state index is 4.71. The Morgan fingerprint density at radius 1 is 1.17 bits per heavy atom. The SMILES string of the molecule is Cc1csc(Nc2nccc(N3CCCc4cccc(C)c43)n2)n1. The Hall–Kier alpha value is -2.47. The Balaban J connectivity index is 1.67. The summed E-state index contributed by atoms with van der Waals surface area (Å²) in [6.45, 7) is 5.12. The van der Waals surface area contributed by atoms with Gasteiger partial charge in [0.15, 0.2) is 5.13 Å². The van der Waals surface area contributed by atoms with Gasteiger partial charge in [-0.15, -0.1) is 11.3 Å². The molecule has 1 N–H and O–H groups in total. The molecule has 122 valence electrons. The summed E-state index contributed by atoms with van der Waals surface area (Å²) < 4.78 is 0. The first-order chi connectivity index (χ1) is 11.7. The summed E-state index contributed by atoms with van der Waals surface area (Å²) in [6, 6.07) is 8.48. The number of aryl methyl sites for hydroxylation is 3. The van der Waals surface area contributed by atoms with Crippen LogP contribution in [0.5, 0.6) is 0 Å². The molecule has 4 rings (SSSR count). The Morgan fingerprint density at radius 2 is 2.08 bits per heavy atom. The van der Waals surface area contributed by atoms with Crippen molar-refractivity contribution in [1.82, 2.24) is 15.0 Å². The van der Waals surface area contributed by atoms with E-state index >= 15 is 0 Å². The lowest BCUT2D eigenvalue weighted by atomic mass is 9.98. The van der Waals surface area contributed by atoms with Crippen molar-refractivity contribution in [3.63, 3.8) is 0 Å². The van der Waals surface area contributed by atoms with Crippen LogP contribution in [0.15, 0.2) is 35.8 Å². The number of anilines is 4. The van der Waals surface area contributed by atoms with Gasteiger partial charge in [-0.2, -0.15) is 4.98 Å². The molecule has 0 saturated heterocycles. The molecule has 1 aliphatic rings. The molecule has 6 heteroatoms. The van der Waals surface area contributed by atoms with E-state index in [1.54, 1.807) is 17.5 Å². The number of benzene rings is 1. The van der Waals surface area contributed by atoms with Gasteiger partial charge < -0.3 is 4.90 Å². The zero-order chi connectivity index (χ0) is 16.5. The van der Waals surface area contributed by atoms with E-state index in [0.29, 0.717) is 5.95 Å². The molecule has 0 unspecified atom stereocenters. The molecule has 3 heterocycles. The Morgan fingerprint density at radius 3 is 2.92 bits per heavy atom. The normalized spacial score (nSPS) is 13.7. The molecule has 0 saturated carbocycles. The van der Waals surface area contributed by atoms with Gasteiger partial charge in [-0.25, -0.2) is 9.97 Å². The van der Waals surface area contributed by atoms with Crippen LogP contribution in [0.2, 0.25) is 0 Å². The average Bonchev–Trinajstić information content (AvgIpc) is 3.00. The Bertz CT molecular complexity index is 873. The number of hydrogen-bond donors (Lipinski definition) is 1. The first kappa shape index (κ1) is 15.1. The Labute approximate surface area is 145 Å². The van der Waals surface area contributed by atoms with Crippen molar-refractivity contribution in [2.45, 2.75) is 26.7 Å². The van der Waals surface area contributed by atoms with Crippen molar-refractivity contribution in [2.24, 2.45) is 0 Å². The van der Waals surface area contributed by atoms with Gasteiger partial charge in [0.05, 0.1) is 5.69 Å². The summed E-state index contributed by atoms with van der Waals surface area (Å²) in [5.74, 6) is 1.51. The van der Waals surface area contributed by atoms with Gasteiger partial charge in [0, 0.05) is 23.8 Å². The number of thiazole rings is 1. The smallest absolute Gasteiger partial charge is 0.230 e. The van der Waals surface area contributed by atoms with Gasteiger partial charge in [-0.1, -0.05) is 18.2 Å². The minimum absolute atomic E-state index is 0.586. The van der Waals surface area contributed by atoms with E-state index in [1.807, 2.05) is 18.4 Å². The fourth-order valence-corrected chi connectivity index (χ4v) is 3.82. The van der Waals surface area contributed by atoms with E-state index in [9.17, 15) is 0 Å². The molecule has 24 heavy (non-hydrogen) atoms. The van der Waals surface area contributed by atoms with Crippen LogP contribution in [-0.4, -0.2) is 21.5 Å². The number of fused-ring (bicyclic) bond motifs is 1. The predicted octanol–water partition coefficient (Wildman–Crippen LogP) is 4.38. The average molecular weight is 337 g/mol. The number of nitrogens with zero attached hydrogens (tertiary/aromatic N) is 4. The van der Waals surface area contributed by atoms with Crippen molar-refractivity contribution < 1.29 is 0 Å². The van der Waals surface area contributed by atoms with Crippen LogP contribution in [0.1, 0.15) is 23.2 Å². The molecule has 2 aromatic heterocycles. The van der Waals surface area contributed by atoms with Crippen LogP contribution >= 0.6 is 11.3 Å². The van der Waals surface area contributed by atoms with Gasteiger partial charge in [0.25, 0.3) is 0 Å². The van der Waals surface area contributed by atoms with E-state index in [0.717, 1.165) is 36.0 Å². The number of nitrogens with one attached hydrogen (secondary N) is 1. The van der Waals surface area contributed by atoms with E-state index in [4.69, 9.17) is 4.98 Å². The van der Waals surface area contributed by atoms with Gasteiger partial charge in [-0.3, -0.25) is 5.32 Å². The second kappa shape index (κ2) is 6.20. The second-order valence-corrected chi connectivity index (χ2v) is 6.85. The molecule has 1 aromatic carbocycles. The fraction of sp³-hybridized carbons (Fsp3) is 0.278. The standard InChI is InChI=1S/C18H19N5S/c1-12-5-3-6-14-7-4-10-23(16(12)14)15-8-9-19-17(21-15)22-18-20-13(2)11-24-18/h3,5-6,8-9,11H,4,7,10H2,1-2H3,(H,19,20,21,22). The summed E-state index contributed by atoms with van der Waals surface area (Å²) in [7, 11) is 0. The zero-order valence-corrected chi connectivity index (χ0v) is 14.6. The first-order valence-corrected chi connectivity index (χ1v) is 8.97. The zero-order valence-electron chi connectivity index (χ0n) is 13.8. The largest absolute Gasteiger partial charge is 0.326 e. The van der Waals surface area contributed by atoms with Crippen molar-refractivity contribution in [1.29, 1.82) is 0 Å². The summed E-state index contributed by atoms with van der Waals surface area (Å²) in [6.07, 6.45) is 4.06. The highest BCUT2D eigenvalue weighted by Gasteiger charge is 2.21. The molecular formula is C18H19N5S. The summed E-state index contributed by atoms with van der Waals surface area (Å²) in [5.41, 5.74) is 4.97. The third kappa shape index (κ3) is 2.85. The van der Waals surface area contributed by atoms with Crippen molar-refractivity contribution in [3.8, 4) is 0 Å². The predicted molar refractivity (Wildman–Crippen MR) is 98.7 cm³/mol. The molecule has 5 nitrogen and oxygen atoms in total. The van der Waals surface area contributed by atoms with Crippen LogP contribution in [0.25, 0.3) is 0 Å². The lowest BCUT2D eigenvalue weighted by Crippen LogP contribution is -2.26. The van der Waals surface area contributed by atoms with E-state index in [1.165, 1.54) is 16.8 Å². The maximum Gasteiger partial charge on any atom is 0.230 e. The van der Waals surface area contributed by atoms with Crippen LogP contribution in [-0.2, 0) is 6.42 Å². The molecule has 3 aromatic rings. The first-order valence-electron chi connectivity index (χ1n) is 8.09. The lowest BCUT2D eigenvalue weighted by molar-refractivity contribution is 0.756. The second-order valence-electron chi connectivity index (χ2n) is 6.00. The minimum Gasteiger partial charge on any atom is -0.326 e. The van der Waals surface area contributed by atoms with E-state index in [2.05, 4.69) is 45.3 Å². The number of para-hydroxylation sites is 1. The summed E-state index contributed by atoms with van der Waals surface area (Å²) in [5, 5.41) is 6.03. The lowest BCUT2D eigenvalue weighted by Gasteiger charge is -2.32. The van der Waals surface area contributed by atoms with Crippen molar-refractivity contribution in [3.05, 3.63) is 52.7 Å². The molecule has 0 amide bonds. The highest BCUT2D eigenvalue weighted by Crippen LogP contribution is 2.35. The monoisotopic (exact) mass is 337 g/mol. The Kier molecular flexibility index (Phi) is 3.90. The third-order valence-electron chi connectivity index (χ3n) is 4.17. The highest BCUT2D eigenvalue weighted by atomic mass is 32.1. The van der Waals surface area contributed by atoms with Gasteiger partial charge in [-0.05, 0) is 43.9 Å². The summed E-state index contributed by atoms with van der Waals surface area (Å²) >= 11 is 1.56. The van der Waals surface area contributed by atoms with Crippen molar-refractivity contribution >= 4 is 33.9 Å². The maximum atomic E-state index is 4.71. The molecule has 0 atom stereocenters. The van der Waals surface area contributed by atoms with Gasteiger partial charge >= 0.3 is 0 Å². The van der Waals surface area contributed by atoms with Gasteiger partial charge in [0.2, 0.25) is 5.95 Å². The van der Waals surface area contributed by atoms with Crippen LogP contribution < -0.4 is 10.2 Å². The summed E-state index contributed by atoms with van der Waals surface area (Å²) in [4.78, 5) is 15.8. The molecule has 0 aliphatic carbocycles. The van der Waals surface area contributed by atoms with Crippen LogP contribution in [0.4, 0.5) is 22.6 Å².